The summed E-state index contributed by atoms with van der Waals surface area (Å²) >= 11 is 0. The topological polar surface area (TPSA) is 43.1 Å². The molecule has 0 aliphatic carbocycles. The summed E-state index contributed by atoms with van der Waals surface area (Å²) in [4.78, 5) is 10.4. The number of hydrogen-bond acceptors (Lipinski definition) is 2. The zero-order valence-electron chi connectivity index (χ0n) is 9.82. The Morgan fingerprint density at radius 1 is 1.00 bits per heavy atom. The van der Waals surface area contributed by atoms with Crippen LogP contribution >= 0.6 is 0 Å². The van der Waals surface area contributed by atoms with Crippen molar-refractivity contribution in [2.45, 2.75) is 0 Å². The Balaban J connectivity index is 2.37. The summed E-state index contributed by atoms with van der Waals surface area (Å²) < 4.78 is 0. The van der Waals surface area contributed by atoms with Crippen molar-refractivity contribution >= 4 is 11.6 Å². The van der Waals surface area contributed by atoms with Crippen LogP contribution in [0.5, 0.6) is 0 Å². The molecule has 18 heavy (non-hydrogen) atoms. The van der Waals surface area contributed by atoms with E-state index in [4.69, 9.17) is 0 Å². The highest BCUT2D eigenvalue weighted by molar-refractivity contribution is 5.81. The first-order valence-corrected chi connectivity index (χ1v) is 5.68. The van der Waals surface area contributed by atoms with Crippen molar-refractivity contribution in [2.24, 2.45) is 0 Å². The molecule has 90 valence electrons. The summed E-state index contributed by atoms with van der Waals surface area (Å²) in [5, 5.41) is 10.7. The second-order valence-electron chi connectivity index (χ2n) is 3.94. The fraction of sp³-hybridized carbons (Fsp3) is 0.0667. The lowest BCUT2D eigenvalue weighted by molar-refractivity contribution is -0.465. The quantitative estimate of drug-likeness (QED) is 0.465. The first kappa shape index (κ1) is 12.0. The number of rotatable bonds is 4. The van der Waals surface area contributed by atoms with Crippen LogP contribution in [0.15, 0.2) is 60.7 Å². The Morgan fingerprint density at radius 3 is 2.11 bits per heavy atom. The molecular weight excluding hydrogens is 226 g/mol. The van der Waals surface area contributed by atoms with Gasteiger partial charge < -0.3 is 0 Å². The molecular formula is C15H13NO2. The fourth-order valence-corrected chi connectivity index (χ4v) is 1.76. The molecule has 2 aromatic rings. The van der Waals surface area contributed by atoms with Gasteiger partial charge in [0.15, 0.2) is 0 Å². The van der Waals surface area contributed by atoms with Gasteiger partial charge in [-0.05, 0) is 17.2 Å². The largest absolute Gasteiger partial charge is 0.264 e. The van der Waals surface area contributed by atoms with E-state index in [0.717, 1.165) is 11.1 Å². The number of nitrogens with zero attached hydrogens (tertiary/aromatic N) is 1. The van der Waals surface area contributed by atoms with E-state index in [0.29, 0.717) is 5.57 Å². The van der Waals surface area contributed by atoms with Crippen LogP contribution in [0, 0.1) is 10.1 Å². The Morgan fingerprint density at radius 2 is 1.56 bits per heavy atom. The van der Waals surface area contributed by atoms with E-state index in [1.807, 2.05) is 66.7 Å². The van der Waals surface area contributed by atoms with Crippen LogP contribution in [0.3, 0.4) is 0 Å². The Labute approximate surface area is 106 Å². The van der Waals surface area contributed by atoms with E-state index in [2.05, 4.69) is 0 Å². The molecule has 0 aliphatic heterocycles. The highest BCUT2D eigenvalue weighted by Crippen LogP contribution is 2.18. The Kier molecular flexibility index (Phi) is 3.86. The van der Waals surface area contributed by atoms with Gasteiger partial charge in [-0.15, -0.1) is 0 Å². The average Bonchev–Trinajstić information content (AvgIpc) is 2.40. The van der Waals surface area contributed by atoms with Crippen molar-refractivity contribution in [1.82, 2.24) is 0 Å². The summed E-state index contributed by atoms with van der Waals surface area (Å²) in [7, 11) is 0. The lowest BCUT2D eigenvalue weighted by Crippen LogP contribution is -2.03. The number of hydrogen-bond donors (Lipinski definition) is 0. The molecule has 0 fully saturated rings. The van der Waals surface area contributed by atoms with Gasteiger partial charge in [0.25, 0.3) is 0 Å². The van der Waals surface area contributed by atoms with E-state index in [9.17, 15) is 10.1 Å². The van der Waals surface area contributed by atoms with Gasteiger partial charge in [0.05, 0.1) is 0 Å². The van der Waals surface area contributed by atoms with E-state index in [-0.39, 0.29) is 11.5 Å². The van der Waals surface area contributed by atoms with Gasteiger partial charge in [-0.1, -0.05) is 60.7 Å². The van der Waals surface area contributed by atoms with Gasteiger partial charge in [0.1, 0.15) is 0 Å². The molecule has 3 heteroatoms. The monoisotopic (exact) mass is 239 g/mol. The maximum atomic E-state index is 10.7. The average molecular weight is 239 g/mol. The maximum Gasteiger partial charge on any atom is 0.229 e. The molecule has 2 aromatic carbocycles. The fourth-order valence-electron chi connectivity index (χ4n) is 1.76. The zero-order chi connectivity index (χ0) is 12.8. The lowest BCUT2D eigenvalue weighted by atomic mass is 10.0. The zero-order valence-corrected chi connectivity index (χ0v) is 9.82. The van der Waals surface area contributed by atoms with Gasteiger partial charge in [-0.2, -0.15) is 0 Å². The lowest BCUT2D eigenvalue weighted by Gasteiger charge is -2.03. The molecule has 0 saturated heterocycles. The highest BCUT2D eigenvalue weighted by atomic mass is 16.6. The Bertz CT molecular complexity index is 547. The van der Waals surface area contributed by atoms with Gasteiger partial charge in [-0.3, -0.25) is 10.1 Å². The third kappa shape index (κ3) is 3.28. The van der Waals surface area contributed by atoms with Crippen molar-refractivity contribution in [3.8, 4) is 0 Å². The maximum absolute atomic E-state index is 10.7. The third-order valence-electron chi connectivity index (χ3n) is 2.58. The minimum Gasteiger partial charge on any atom is -0.264 e. The van der Waals surface area contributed by atoms with Crippen LogP contribution in [-0.4, -0.2) is 11.5 Å². The van der Waals surface area contributed by atoms with Crippen LogP contribution in [-0.2, 0) is 0 Å². The normalized spacial score (nSPS) is 11.2. The summed E-state index contributed by atoms with van der Waals surface area (Å²) in [6, 6.07) is 19.1. The molecule has 0 unspecified atom stereocenters. The van der Waals surface area contributed by atoms with Crippen LogP contribution in [0.25, 0.3) is 11.6 Å². The minimum absolute atomic E-state index is 0.168. The van der Waals surface area contributed by atoms with E-state index < -0.39 is 0 Å². The van der Waals surface area contributed by atoms with Gasteiger partial charge >= 0.3 is 0 Å². The number of benzene rings is 2. The SMILES string of the molecule is O=[N+]([O-])CC(=Cc1ccccc1)c1ccccc1. The second kappa shape index (κ2) is 5.77. The van der Waals surface area contributed by atoms with Crippen molar-refractivity contribution in [3.05, 3.63) is 81.9 Å². The van der Waals surface area contributed by atoms with Gasteiger partial charge in [0.2, 0.25) is 6.54 Å². The molecule has 0 spiro atoms. The Hall–Kier alpha value is -2.42. The summed E-state index contributed by atoms with van der Waals surface area (Å²) in [6.45, 7) is -0.168. The highest BCUT2D eigenvalue weighted by Gasteiger charge is 2.08. The molecule has 0 amide bonds. The van der Waals surface area contributed by atoms with Crippen LogP contribution < -0.4 is 0 Å². The van der Waals surface area contributed by atoms with Gasteiger partial charge in [0, 0.05) is 10.5 Å². The first-order chi connectivity index (χ1) is 8.75. The predicted octanol–water partition coefficient (Wildman–Crippen LogP) is 3.50. The van der Waals surface area contributed by atoms with Crippen molar-refractivity contribution in [2.75, 3.05) is 6.54 Å². The van der Waals surface area contributed by atoms with Crippen molar-refractivity contribution in [1.29, 1.82) is 0 Å². The predicted molar refractivity (Wildman–Crippen MR) is 72.6 cm³/mol. The molecule has 0 atom stereocenters. The molecule has 0 bridgehead atoms. The summed E-state index contributed by atoms with van der Waals surface area (Å²) in [5.74, 6) is 0. The summed E-state index contributed by atoms with van der Waals surface area (Å²) in [6.07, 6.45) is 1.86. The van der Waals surface area contributed by atoms with E-state index >= 15 is 0 Å². The molecule has 0 N–H and O–H groups in total. The minimum atomic E-state index is -0.304. The second-order valence-corrected chi connectivity index (χ2v) is 3.94. The molecule has 0 radical (unpaired) electrons. The van der Waals surface area contributed by atoms with Gasteiger partial charge in [-0.25, -0.2) is 0 Å². The molecule has 0 heterocycles. The van der Waals surface area contributed by atoms with Crippen molar-refractivity contribution < 1.29 is 4.92 Å². The van der Waals surface area contributed by atoms with Crippen LogP contribution in [0.2, 0.25) is 0 Å². The third-order valence-corrected chi connectivity index (χ3v) is 2.58. The van der Waals surface area contributed by atoms with E-state index in [1.54, 1.807) is 0 Å². The first-order valence-electron chi connectivity index (χ1n) is 5.68. The number of nitro groups is 1. The smallest absolute Gasteiger partial charge is 0.229 e. The van der Waals surface area contributed by atoms with Crippen molar-refractivity contribution in [3.63, 3.8) is 0 Å². The molecule has 0 aromatic heterocycles. The molecule has 0 saturated carbocycles. The standard InChI is InChI=1S/C15H13NO2/c17-16(18)12-15(14-9-5-2-6-10-14)11-13-7-3-1-4-8-13/h1-11H,12H2. The summed E-state index contributed by atoms with van der Waals surface area (Å²) in [5.41, 5.74) is 2.57. The molecule has 0 aliphatic rings. The van der Waals surface area contributed by atoms with Crippen LogP contribution in [0.4, 0.5) is 0 Å². The molecule has 3 nitrogen and oxygen atoms in total. The molecule has 2 rings (SSSR count). The van der Waals surface area contributed by atoms with E-state index in [1.165, 1.54) is 0 Å². The van der Waals surface area contributed by atoms with Crippen LogP contribution in [0.1, 0.15) is 11.1 Å².